The largest absolute Gasteiger partial charge is 0.325 e. The van der Waals surface area contributed by atoms with Crippen LogP contribution in [0, 0.1) is 0 Å². The molecule has 118 valence electrons. The van der Waals surface area contributed by atoms with Gasteiger partial charge in [0.2, 0.25) is 0 Å². The lowest BCUT2D eigenvalue weighted by atomic mass is 9.97. The molecule has 0 fully saturated rings. The Hall–Kier alpha value is -0.950. The van der Waals surface area contributed by atoms with E-state index in [-0.39, 0.29) is 11.6 Å². The summed E-state index contributed by atoms with van der Waals surface area (Å²) in [7, 11) is 0. The van der Waals surface area contributed by atoms with Gasteiger partial charge in [-0.05, 0) is 49.1 Å². The molecule has 0 bridgehead atoms. The van der Waals surface area contributed by atoms with Crippen LogP contribution in [-0.4, -0.2) is 28.8 Å². The maximum atomic E-state index is 6.19. The van der Waals surface area contributed by atoms with Crippen molar-refractivity contribution in [1.82, 2.24) is 5.32 Å². The average Bonchev–Trinajstić information content (AvgIpc) is 3.05. The third-order valence-electron chi connectivity index (χ3n) is 3.77. The van der Waals surface area contributed by atoms with Gasteiger partial charge in [0.05, 0.1) is 17.0 Å². The fourth-order valence-corrected chi connectivity index (χ4v) is 5.00. The molecule has 22 heavy (non-hydrogen) atoms. The van der Waals surface area contributed by atoms with E-state index in [1.807, 2.05) is 18.0 Å². The van der Waals surface area contributed by atoms with Crippen molar-refractivity contribution in [2.24, 2.45) is 15.9 Å². The number of rotatable bonds is 5. The zero-order valence-corrected chi connectivity index (χ0v) is 14.8. The quantitative estimate of drug-likeness (QED) is 0.869. The van der Waals surface area contributed by atoms with Crippen molar-refractivity contribution in [3.05, 3.63) is 32.9 Å². The first-order valence-electron chi connectivity index (χ1n) is 7.46. The molecule has 4 nitrogen and oxygen atoms in total. The summed E-state index contributed by atoms with van der Waals surface area (Å²) in [5.41, 5.74) is 8.36. The molecule has 0 spiro atoms. The zero-order chi connectivity index (χ0) is 15.7. The summed E-state index contributed by atoms with van der Waals surface area (Å²) in [6.07, 6.45) is 2.81. The number of nitrogens with zero attached hydrogens (tertiary/aromatic N) is 2. The van der Waals surface area contributed by atoms with Gasteiger partial charge in [0.1, 0.15) is 0 Å². The molecular weight excluding hydrogens is 312 g/mol. The van der Waals surface area contributed by atoms with Crippen LogP contribution in [0.3, 0.4) is 0 Å². The molecule has 0 aromatic carbocycles. The summed E-state index contributed by atoms with van der Waals surface area (Å²) in [5.74, 6) is 0. The predicted octanol–water partition coefficient (Wildman–Crippen LogP) is 3.16. The summed E-state index contributed by atoms with van der Waals surface area (Å²) < 4.78 is 0. The summed E-state index contributed by atoms with van der Waals surface area (Å²) in [4.78, 5) is 2.69. The van der Waals surface area contributed by atoms with E-state index in [0.717, 1.165) is 18.7 Å². The molecule has 2 atom stereocenters. The molecular formula is C16H22N4S2. The molecule has 3 heterocycles. The molecule has 6 heteroatoms. The molecule has 0 radical (unpaired) electrons. The van der Waals surface area contributed by atoms with Crippen molar-refractivity contribution in [2.75, 3.05) is 0 Å². The molecule has 0 amide bonds. The van der Waals surface area contributed by atoms with Crippen LogP contribution in [0.25, 0.3) is 0 Å². The van der Waals surface area contributed by atoms with Crippen LogP contribution in [0.1, 0.15) is 32.1 Å². The van der Waals surface area contributed by atoms with Crippen LogP contribution in [0.5, 0.6) is 0 Å². The Kier molecular flexibility index (Phi) is 4.54. The third kappa shape index (κ3) is 3.51. The van der Waals surface area contributed by atoms with Gasteiger partial charge in [-0.1, -0.05) is 6.07 Å². The van der Waals surface area contributed by atoms with Crippen LogP contribution >= 0.6 is 23.1 Å². The Balaban J connectivity index is 1.70. The normalized spacial score (nSPS) is 24.6. The van der Waals surface area contributed by atoms with Gasteiger partial charge in [-0.3, -0.25) is 0 Å². The smallest absolute Gasteiger partial charge is 0.0820 e. The molecule has 3 rings (SSSR count). The molecule has 2 aliphatic heterocycles. The maximum absolute atomic E-state index is 6.19. The summed E-state index contributed by atoms with van der Waals surface area (Å²) in [6, 6.07) is 4.45. The van der Waals surface area contributed by atoms with Crippen molar-refractivity contribution in [2.45, 2.75) is 50.6 Å². The molecule has 3 N–H and O–H groups in total. The number of thioether (sulfide) groups is 1. The Morgan fingerprint density at radius 2 is 2.23 bits per heavy atom. The predicted molar refractivity (Wildman–Crippen MR) is 97.8 cm³/mol. The van der Waals surface area contributed by atoms with E-state index >= 15 is 0 Å². The first-order valence-corrected chi connectivity index (χ1v) is 9.22. The van der Waals surface area contributed by atoms with Crippen molar-refractivity contribution < 1.29 is 0 Å². The molecule has 0 saturated carbocycles. The van der Waals surface area contributed by atoms with E-state index in [2.05, 4.69) is 53.8 Å². The van der Waals surface area contributed by atoms with Crippen molar-refractivity contribution >= 4 is 35.0 Å². The van der Waals surface area contributed by atoms with Gasteiger partial charge in [0, 0.05) is 23.2 Å². The standard InChI is InChI=1S/C16H22N4S2/c1-10-13(7-16(2,3)17)22-15-12(9-19-20-14(10)15)18-8-11-5-4-6-21-11/h4-6,9,12,15,18H,7-8,17H2,1-3H3/t12-,15?/m1/s1. The van der Waals surface area contributed by atoms with Crippen molar-refractivity contribution in [3.63, 3.8) is 0 Å². The van der Waals surface area contributed by atoms with Gasteiger partial charge in [0.25, 0.3) is 0 Å². The third-order valence-corrected chi connectivity index (χ3v) is 6.15. The summed E-state index contributed by atoms with van der Waals surface area (Å²) in [5, 5.41) is 14.6. The van der Waals surface area contributed by atoms with E-state index in [9.17, 15) is 0 Å². The highest BCUT2D eigenvalue weighted by Crippen LogP contribution is 2.41. The lowest BCUT2D eigenvalue weighted by Crippen LogP contribution is -2.43. The maximum Gasteiger partial charge on any atom is 0.0820 e. The van der Waals surface area contributed by atoms with Gasteiger partial charge in [0.15, 0.2) is 0 Å². The number of thiophene rings is 1. The van der Waals surface area contributed by atoms with E-state index < -0.39 is 0 Å². The highest BCUT2D eigenvalue weighted by Gasteiger charge is 2.37. The van der Waals surface area contributed by atoms with Crippen LogP contribution in [0.15, 0.2) is 38.2 Å². The number of hydrogen-bond acceptors (Lipinski definition) is 6. The van der Waals surface area contributed by atoms with Gasteiger partial charge in [-0.15, -0.1) is 23.1 Å². The van der Waals surface area contributed by atoms with Crippen LogP contribution in [-0.2, 0) is 6.54 Å². The molecule has 1 aromatic heterocycles. The van der Waals surface area contributed by atoms with Gasteiger partial charge < -0.3 is 11.1 Å². The average molecular weight is 335 g/mol. The molecule has 0 saturated heterocycles. The number of allylic oxidation sites excluding steroid dienone is 1. The van der Waals surface area contributed by atoms with Crippen LogP contribution in [0.4, 0.5) is 0 Å². The Morgan fingerprint density at radius 3 is 2.91 bits per heavy atom. The second kappa shape index (κ2) is 6.28. The lowest BCUT2D eigenvalue weighted by molar-refractivity contribution is 0.523. The minimum absolute atomic E-state index is 0.196. The fraction of sp³-hybridized carbons (Fsp3) is 0.500. The minimum Gasteiger partial charge on any atom is -0.325 e. The van der Waals surface area contributed by atoms with E-state index in [1.54, 1.807) is 11.3 Å². The minimum atomic E-state index is -0.196. The van der Waals surface area contributed by atoms with E-state index in [4.69, 9.17) is 5.73 Å². The number of fused-ring (bicyclic) bond motifs is 1. The van der Waals surface area contributed by atoms with Crippen LogP contribution in [0.2, 0.25) is 0 Å². The second-order valence-corrected chi connectivity index (χ2v) is 8.76. The number of nitrogens with two attached hydrogens (primary N) is 1. The summed E-state index contributed by atoms with van der Waals surface area (Å²) >= 11 is 3.67. The molecule has 0 aliphatic carbocycles. The number of nitrogens with one attached hydrogen (secondary N) is 1. The van der Waals surface area contributed by atoms with E-state index in [1.165, 1.54) is 15.4 Å². The van der Waals surface area contributed by atoms with Crippen molar-refractivity contribution in [3.8, 4) is 0 Å². The van der Waals surface area contributed by atoms with Crippen LogP contribution < -0.4 is 11.1 Å². The van der Waals surface area contributed by atoms with Crippen molar-refractivity contribution in [1.29, 1.82) is 0 Å². The highest BCUT2D eigenvalue weighted by molar-refractivity contribution is 8.05. The zero-order valence-electron chi connectivity index (χ0n) is 13.2. The molecule has 1 unspecified atom stereocenters. The first kappa shape index (κ1) is 15.9. The Labute approximate surface area is 140 Å². The van der Waals surface area contributed by atoms with E-state index in [0.29, 0.717) is 5.25 Å². The summed E-state index contributed by atoms with van der Waals surface area (Å²) in [6.45, 7) is 7.15. The van der Waals surface area contributed by atoms with Gasteiger partial charge in [-0.2, -0.15) is 10.2 Å². The molecule has 2 aliphatic rings. The SMILES string of the molecule is CC1=C(CC(C)(C)N)SC2C1=NN=C[C@H]2NCc1cccs1. The highest BCUT2D eigenvalue weighted by atomic mass is 32.2. The fourth-order valence-electron chi connectivity index (χ4n) is 2.65. The Bertz CT molecular complexity index is 623. The first-order chi connectivity index (χ1) is 10.4. The second-order valence-electron chi connectivity index (χ2n) is 6.49. The number of hydrogen-bond donors (Lipinski definition) is 2. The Morgan fingerprint density at radius 1 is 1.41 bits per heavy atom. The van der Waals surface area contributed by atoms with Gasteiger partial charge in [-0.25, -0.2) is 0 Å². The lowest BCUT2D eigenvalue weighted by Gasteiger charge is -2.24. The monoisotopic (exact) mass is 334 g/mol. The molecule has 1 aromatic rings. The van der Waals surface area contributed by atoms with Gasteiger partial charge >= 0.3 is 0 Å². The topological polar surface area (TPSA) is 62.8 Å².